The maximum Gasteiger partial charge on any atom is 0.344 e. The quantitative estimate of drug-likeness (QED) is 0.485. The van der Waals surface area contributed by atoms with Crippen LogP contribution in [-0.2, 0) is 4.74 Å². The van der Waals surface area contributed by atoms with Crippen molar-refractivity contribution in [1.82, 2.24) is 0 Å². The number of carbonyl (C=O) groups excluding carboxylic acids is 1. The predicted molar refractivity (Wildman–Crippen MR) is 69.8 cm³/mol. The number of benzene rings is 1. The van der Waals surface area contributed by atoms with E-state index >= 15 is 0 Å². The molecule has 21 heavy (non-hydrogen) atoms. The largest absolute Gasteiger partial charge is 0.459 e. The SMILES string of the molecule is CC1CCC(OC(=O)c2c(F)ccc([N+](=O)[O-])c2F)CC1. The maximum atomic E-state index is 13.9. The average molecular weight is 299 g/mol. The van der Waals surface area contributed by atoms with E-state index in [9.17, 15) is 23.7 Å². The van der Waals surface area contributed by atoms with E-state index in [1.54, 1.807) is 0 Å². The molecule has 1 fully saturated rings. The van der Waals surface area contributed by atoms with Gasteiger partial charge in [-0.1, -0.05) is 6.92 Å². The highest BCUT2D eigenvalue weighted by Gasteiger charge is 2.30. The third-order valence-electron chi connectivity index (χ3n) is 3.71. The molecule has 0 amide bonds. The molecule has 114 valence electrons. The zero-order valence-electron chi connectivity index (χ0n) is 11.5. The number of hydrogen-bond donors (Lipinski definition) is 0. The molecule has 1 aromatic rings. The first kappa shape index (κ1) is 15.3. The predicted octanol–water partition coefficient (Wildman–Crippen LogP) is 3.61. The van der Waals surface area contributed by atoms with Crippen LogP contribution in [-0.4, -0.2) is 17.0 Å². The van der Waals surface area contributed by atoms with E-state index in [2.05, 4.69) is 6.92 Å². The first-order valence-corrected chi connectivity index (χ1v) is 6.73. The molecule has 1 saturated carbocycles. The van der Waals surface area contributed by atoms with Crippen LogP contribution in [0.15, 0.2) is 12.1 Å². The molecular weight excluding hydrogens is 284 g/mol. The summed E-state index contributed by atoms with van der Waals surface area (Å²) in [6.45, 7) is 2.08. The number of ether oxygens (including phenoxy) is 1. The monoisotopic (exact) mass is 299 g/mol. The summed E-state index contributed by atoms with van der Waals surface area (Å²) in [5, 5.41) is 10.6. The Bertz CT molecular complexity index is 568. The summed E-state index contributed by atoms with van der Waals surface area (Å²) in [6.07, 6.45) is 2.61. The van der Waals surface area contributed by atoms with Crippen molar-refractivity contribution in [3.05, 3.63) is 39.4 Å². The fraction of sp³-hybridized carbons (Fsp3) is 0.500. The molecule has 0 saturated heterocycles. The zero-order valence-corrected chi connectivity index (χ0v) is 11.5. The lowest BCUT2D eigenvalue weighted by molar-refractivity contribution is -0.387. The Labute approximate surface area is 120 Å². The van der Waals surface area contributed by atoms with Crippen LogP contribution >= 0.6 is 0 Å². The minimum Gasteiger partial charge on any atom is -0.459 e. The molecule has 0 unspecified atom stereocenters. The minimum absolute atomic E-state index is 0.397. The van der Waals surface area contributed by atoms with Gasteiger partial charge in [-0.05, 0) is 37.7 Å². The number of nitro benzene ring substituents is 1. The van der Waals surface area contributed by atoms with Crippen LogP contribution in [0.3, 0.4) is 0 Å². The van der Waals surface area contributed by atoms with Crippen LogP contribution in [0.5, 0.6) is 0 Å². The minimum atomic E-state index is -1.49. The summed E-state index contributed by atoms with van der Waals surface area (Å²) in [6, 6.07) is 1.38. The van der Waals surface area contributed by atoms with Crippen LogP contribution < -0.4 is 0 Å². The molecule has 0 radical (unpaired) electrons. The Balaban J connectivity index is 2.19. The molecule has 1 aliphatic carbocycles. The van der Waals surface area contributed by atoms with Gasteiger partial charge >= 0.3 is 11.7 Å². The molecule has 1 aromatic carbocycles. The number of nitrogens with zero attached hydrogens (tertiary/aromatic N) is 1. The smallest absolute Gasteiger partial charge is 0.344 e. The van der Waals surface area contributed by atoms with Gasteiger partial charge in [-0.15, -0.1) is 0 Å². The average Bonchev–Trinajstić information content (AvgIpc) is 2.41. The van der Waals surface area contributed by atoms with Crippen LogP contribution in [0.2, 0.25) is 0 Å². The molecule has 0 aromatic heterocycles. The van der Waals surface area contributed by atoms with Gasteiger partial charge < -0.3 is 4.74 Å². The van der Waals surface area contributed by atoms with Gasteiger partial charge in [0.25, 0.3) is 0 Å². The number of hydrogen-bond acceptors (Lipinski definition) is 4. The first-order valence-electron chi connectivity index (χ1n) is 6.73. The maximum absolute atomic E-state index is 13.9. The van der Waals surface area contributed by atoms with E-state index in [4.69, 9.17) is 4.74 Å². The standard InChI is InChI=1S/C14H15F2NO4/c1-8-2-4-9(5-3-8)21-14(18)12-10(15)6-7-11(13(12)16)17(19)20/h6-9H,2-5H2,1H3. The van der Waals surface area contributed by atoms with Gasteiger partial charge in [-0.25, -0.2) is 9.18 Å². The number of esters is 1. The lowest BCUT2D eigenvalue weighted by atomic mass is 9.89. The van der Waals surface area contributed by atoms with Crippen LogP contribution in [0.4, 0.5) is 14.5 Å². The Kier molecular flexibility index (Phi) is 4.50. The summed E-state index contributed by atoms with van der Waals surface area (Å²) in [4.78, 5) is 21.5. The van der Waals surface area contributed by atoms with Gasteiger partial charge in [0.15, 0.2) is 0 Å². The van der Waals surface area contributed by atoms with Gasteiger partial charge in [0, 0.05) is 6.07 Å². The van der Waals surface area contributed by atoms with Crippen LogP contribution in [0.25, 0.3) is 0 Å². The van der Waals surface area contributed by atoms with Gasteiger partial charge in [-0.3, -0.25) is 10.1 Å². The second-order valence-electron chi connectivity index (χ2n) is 5.30. The molecular formula is C14H15F2NO4. The van der Waals surface area contributed by atoms with E-state index in [1.807, 2.05) is 0 Å². The van der Waals surface area contributed by atoms with Crippen LogP contribution in [0, 0.1) is 27.7 Å². The van der Waals surface area contributed by atoms with Crippen LogP contribution in [0.1, 0.15) is 43.0 Å². The summed E-state index contributed by atoms with van der Waals surface area (Å²) in [5.74, 6) is -3.30. The summed E-state index contributed by atoms with van der Waals surface area (Å²) >= 11 is 0. The van der Waals surface area contributed by atoms with E-state index in [0.717, 1.165) is 12.8 Å². The highest BCUT2D eigenvalue weighted by atomic mass is 19.1. The number of carbonyl (C=O) groups is 1. The summed E-state index contributed by atoms with van der Waals surface area (Å²) < 4.78 is 32.5. The van der Waals surface area contributed by atoms with Gasteiger partial charge in [0.2, 0.25) is 5.82 Å². The summed E-state index contributed by atoms with van der Waals surface area (Å²) in [7, 11) is 0. The van der Waals surface area contributed by atoms with E-state index < -0.39 is 39.9 Å². The van der Waals surface area contributed by atoms with Crippen molar-refractivity contribution in [2.45, 2.75) is 38.7 Å². The fourth-order valence-electron chi connectivity index (χ4n) is 2.43. The molecule has 1 aliphatic rings. The molecule has 5 nitrogen and oxygen atoms in total. The Hall–Kier alpha value is -2.05. The van der Waals surface area contributed by atoms with Crippen molar-refractivity contribution in [3.8, 4) is 0 Å². The number of nitro groups is 1. The fourth-order valence-corrected chi connectivity index (χ4v) is 2.43. The van der Waals surface area contributed by atoms with Crippen molar-refractivity contribution in [1.29, 1.82) is 0 Å². The highest BCUT2D eigenvalue weighted by Crippen LogP contribution is 2.28. The van der Waals surface area contributed by atoms with Gasteiger partial charge in [0.05, 0.1) is 4.92 Å². The Morgan fingerprint density at radius 3 is 2.48 bits per heavy atom. The van der Waals surface area contributed by atoms with Crippen molar-refractivity contribution in [3.63, 3.8) is 0 Å². The number of rotatable bonds is 3. The van der Waals surface area contributed by atoms with Crippen molar-refractivity contribution in [2.24, 2.45) is 5.92 Å². The van der Waals surface area contributed by atoms with E-state index in [0.29, 0.717) is 30.9 Å². The topological polar surface area (TPSA) is 69.4 Å². The lowest BCUT2D eigenvalue weighted by Gasteiger charge is -2.26. The summed E-state index contributed by atoms with van der Waals surface area (Å²) in [5.41, 5.74) is -1.94. The third kappa shape index (κ3) is 3.34. The van der Waals surface area contributed by atoms with Gasteiger partial charge in [-0.2, -0.15) is 4.39 Å². The molecule has 7 heteroatoms. The molecule has 0 aliphatic heterocycles. The molecule has 0 N–H and O–H groups in total. The Morgan fingerprint density at radius 1 is 1.29 bits per heavy atom. The number of halogens is 2. The van der Waals surface area contributed by atoms with Gasteiger partial charge in [0.1, 0.15) is 17.5 Å². The second-order valence-corrected chi connectivity index (χ2v) is 5.30. The Morgan fingerprint density at radius 2 is 1.90 bits per heavy atom. The highest BCUT2D eigenvalue weighted by molar-refractivity contribution is 5.91. The molecule has 2 rings (SSSR count). The molecule has 0 atom stereocenters. The third-order valence-corrected chi connectivity index (χ3v) is 3.71. The first-order chi connectivity index (χ1) is 9.90. The van der Waals surface area contributed by atoms with Crippen molar-refractivity contribution in [2.75, 3.05) is 0 Å². The lowest BCUT2D eigenvalue weighted by Crippen LogP contribution is -2.24. The van der Waals surface area contributed by atoms with E-state index in [1.165, 1.54) is 0 Å². The second kappa shape index (κ2) is 6.15. The van der Waals surface area contributed by atoms with Crippen molar-refractivity contribution < 1.29 is 23.2 Å². The zero-order chi connectivity index (χ0) is 15.6. The van der Waals surface area contributed by atoms with Crippen molar-refractivity contribution >= 4 is 11.7 Å². The normalized spacial score (nSPS) is 21.9. The molecule has 0 spiro atoms. The molecule has 0 heterocycles. The molecule has 0 bridgehead atoms. The van der Waals surface area contributed by atoms with E-state index in [-0.39, 0.29) is 0 Å².